The molecule has 0 spiro atoms. The van der Waals surface area contributed by atoms with Crippen LogP contribution in [0.4, 0.5) is 0 Å². The Morgan fingerprint density at radius 3 is 3.00 bits per heavy atom. The average molecular weight is 257 g/mol. The Morgan fingerprint density at radius 1 is 1.39 bits per heavy atom. The van der Waals surface area contributed by atoms with Crippen LogP contribution in [0.5, 0.6) is 0 Å². The molecule has 0 bridgehead atoms. The minimum atomic E-state index is -0.00426. The number of pyridine rings is 1. The van der Waals surface area contributed by atoms with E-state index in [9.17, 15) is 9.59 Å². The number of benzene rings is 1. The molecule has 1 N–H and O–H groups in total. The van der Waals surface area contributed by atoms with E-state index >= 15 is 0 Å². The Balaban J connectivity index is 2.25. The van der Waals surface area contributed by atoms with Gasteiger partial charge in [-0.25, -0.2) is 0 Å². The number of H-pyrrole nitrogens is 1. The van der Waals surface area contributed by atoms with Gasteiger partial charge in [0.1, 0.15) is 0 Å². The fourth-order valence-corrected chi connectivity index (χ4v) is 1.88. The molecule has 1 aromatic heterocycles. The number of carbonyl (C=O) groups is 1. The summed E-state index contributed by atoms with van der Waals surface area (Å²) < 4.78 is 0. The molecule has 1 aromatic carbocycles. The number of fused-ring (bicyclic) bond motifs is 1. The lowest BCUT2D eigenvalue weighted by Crippen LogP contribution is -1.99. The fourth-order valence-electron chi connectivity index (χ4n) is 1.53. The maximum atomic E-state index is 11.5. The second kappa shape index (κ2) is 5.56. The predicted molar refractivity (Wildman–Crippen MR) is 74.6 cm³/mol. The highest BCUT2D eigenvalue weighted by Crippen LogP contribution is 2.09. The van der Waals surface area contributed by atoms with Crippen LogP contribution in [0.1, 0.15) is 12.5 Å². The van der Waals surface area contributed by atoms with E-state index in [-0.39, 0.29) is 10.5 Å². The van der Waals surface area contributed by atoms with Crippen molar-refractivity contribution in [1.29, 1.82) is 0 Å². The summed E-state index contributed by atoms with van der Waals surface area (Å²) in [5.41, 5.74) is 1.59. The highest BCUT2D eigenvalue weighted by atomic mass is 32.2. The van der Waals surface area contributed by atoms with Crippen molar-refractivity contribution in [1.82, 2.24) is 4.98 Å². The van der Waals surface area contributed by atoms with Crippen LogP contribution in [-0.4, -0.2) is 15.9 Å². The fraction of sp³-hybridized carbons (Fsp3) is 0.143. The monoisotopic (exact) mass is 257 g/mol. The minimum Gasteiger partial charge on any atom is -0.361 e. The first kappa shape index (κ1) is 12.5. The summed E-state index contributed by atoms with van der Waals surface area (Å²) in [4.78, 5) is 25.3. The molecule has 0 radical (unpaired) electrons. The summed E-state index contributed by atoms with van der Waals surface area (Å²) in [5.74, 6) is 6.36. The lowest BCUT2D eigenvalue weighted by atomic mass is 10.1. The summed E-state index contributed by atoms with van der Waals surface area (Å²) in [6.45, 7) is 1.52. The van der Waals surface area contributed by atoms with Crippen molar-refractivity contribution in [3.05, 3.63) is 46.2 Å². The zero-order chi connectivity index (χ0) is 13.0. The molecular formula is C14H11NO2S. The van der Waals surface area contributed by atoms with Crippen molar-refractivity contribution in [2.75, 3.05) is 5.75 Å². The molecule has 2 aromatic rings. The molecule has 0 aliphatic carbocycles. The SMILES string of the molecule is CC(=O)SCC#Cc1ccc2c(=O)cc[nH]c2c1. The summed E-state index contributed by atoms with van der Waals surface area (Å²) in [5, 5.41) is 0.716. The Labute approximate surface area is 109 Å². The number of thioether (sulfide) groups is 1. The number of carbonyl (C=O) groups excluding carboxylic acids is 1. The van der Waals surface area contributed by atoms with Gasteiger partial charge < -0.3 is 4.98 Å². The second-order valence-corrected chi connectivity index (χ2v) is 4.84. The van der Waals surface area contributed by atoms with Crippen LogP contribution in [0, 0.1) is 11.8 Å². The lowest BCUT2D eigenvalue weighted by molar-refractivity contribution is -0.109. The summed E-state index contributed by atoms with van der Waals surface area (Å²) in [7, 11) is 0. The third kappa shape index (κ3) is 3.02. The number of aromatic nitrogens is 1. The average Bonchev–Trinajstić information content (AvgIpc) is 2.35. The lowest BCUT2D eigenvalue weighted by Gasteiger charge is -1.97. The van der Waals surface area contributed by atoms with Crippen LogP contribution in [0.2, 0.25) is 0 Å². The topological polar surface area (TPSA) is 49.9 Å². The minimum absolute atomic E-state index is 0.00426. The Bertz CT molecular complexity index is 707. The molecular weight excluding hydrogens is 246 g/mol. The summed E-state index contributed by atoms with van der Waals surface area (Å²) >= 11 is 1.19. The molecule has 2 rings (SSSR count). The standard InChI is InChI=1S/C14H11NO2S/c1-10(16)18-8-2-3-11-4-5-12-13(9-11)15-7-6-14(12)17/h4-7,9H,8H2,1H3,(H,15,17). The van der Waals surface area contributed by atoms with Crippen molar-refractivity contribution >= 4 is 27.8 Å². The Hall–Kier alpha value is -1.99. The smallest absolute Gasteiger partial charge is 0.189 e. The number of aromatic amines is 1. The quantitative estimate of drug-likeness (QED) is 0.796. The van der Waals surface area contributed by atoms with Gasteiger partial charge in [-0.05, 0) is 18.2 Å². The first-order chi connectivity index (χ1) is 8.66. The van der Waals surface area contributed by atoms with Gasteiger partial charge in [-0.15, -0.1) is 0 Å². The van der Waals surface area contributed by atoms with Crippen molar-refractivity contribution < 1.29 is 4.79 Å². The van der Waals surface area contributed by atoms with E-state index < -0.39 is 0 Å². The molecule has 0 fully saturated rings. The number of rotatable bonds is 1. The summed E-state index contributed by atoms with van der Waals surface area (Å²) in [6, 6.07) is 6.90. The normalized spacial score (nSPS) is 9.83. The molecule has 1 heterocycles. The number of hydrogen-bond donors (Lipinski definition) is 1. The highest BCUT2D eigenvalue weighted by Gasteiger charge is 1.97. The van der Waals surface area contributed by atoms with E-state index in [2.05, 4.69) is 16.8 Å². The molecule has 0 aliphatic rings. The maximum Gasteiger partial charge on any atom is 0.189 e. The van der Waals surface area contributed by atoms with Crippen molar-refractivity contribution in [2.45, 2.75) is 6.92 Å². The molecule has 0 atom stereocenters. The van der Waals surface area contributed by atoms with Crippen LogP contribution in [0.3, 0.4) is 0 Å². The van der Waals surface area contributed by atoms with Gasteiger partial charge in [-0.2, -0.15) is 0 Å². The molecule has 4 heteroatoms. The Morgan fingerprint density at radius 2 is 2.22 bits per heavy atom. The van der Waals surface area contributed by atoms with Gasteiger partial charge in [0.15, 0.2) is 10.5 Å². The molecule has 0 saturated heterocycles. The van der Waals surface area contributed by atoms with Crippen LogP contribution >= 0.6 is 11.8 Å². The molecule has 3 nitrogen and oxygen atoms in total. The molecule has 18 heavy (non-hydrogen) atoms. The van der Waals surface area contributed by atoms with Crippen LogP contribution in [0.15, 0.2) is 35.3 Å². The van der Waals surface area contributed by atoms with Crippen LogP contribution in [-0.2, 0) is 4.79 Å². The van der Waals surface area contributed by atoms with E-state index in [0.717, 1.165) is 11.1 Å². The van der Waals surface area contributed by atoms with Crippen LogP contribution in [0.25, 0.3) is 10.9 Å². The molecule has 0 unspecified atom stereocenters. The van der Waals surface area contributed by atoms with E-state index in [1.807, 2.05) is 12.1 Å². The van der Waals surface area contributed by atoms with Gasteiger partial charge in [0, 0.05) is 30.1 Å². The second-order valence-electron chi connectivity index (χ2n) is 3.68. The van der Waals surface area contributed by atoms with Gasteiger partial charge in [-0.3, -0.25) is 9.59 Å². The van der Waals surface area contributed by atoms with E-state index in [1.54, 1.807) is 12.3 Å². The zero-order valence-electron chi connectivity index (χ0n) is 9.82. The molecule has 0 saturated carbocycles. The van der Waals surface area contributed by atoms with E-state index in [1.165, 1.54) is 24.8 Å². The maximum absolute atomic E-state index is 11.5. The predicted octanol–water partition coefficient (Wildman–Crippen LogP) is 2.16. The van der Waals surface area contributed by atoms with Gasteiger partial charge in [0.25, 0.3) is 0 Å². The number of nitrogens with one attached hydrogen (secondary N) is 1. The zero-order valence-corrected chi connectivity index (χ0v) is 10.6. The third-order valence-electron chi connectivity index (χ3n) is 2.34. The van der Waals surface area contributed by atoms with E-state index in [0.29, 0.717) is 11.1 Å². The van der Waals surface area contributed by atoms with Gasteiger partial charge in [-0.1, -0.05) is 23.6 Å². The number of hydrogen-bond acceptors (Lipinski definition) is 3. The first-order valence-corrected chi connectivity index (χ1v) is 6.39. The highest BCUT2D eigenvalue weighted by molar-refractivity contribution is 8.13. The van der Waals surface area contributed by atoms with Gasteiger partial charge >= 0.3 is 0 Å². The largest absolute Gasteiger partial charge is 0.361 e. The summed E-state index contributed by atoms with van der Waals surface area (Å²) in [6.07, 6.45) is 1.62. The van der Waals surface area contributed by atoms with Crippen molar-refractivity contribution in [2.24, 2.45) is 0 Å². The molecule has 0 amide bonds. The molecule has 90 valence electrons. The van der Waals surface area contributed by atoms with Gasteiger partial charge in [0.2, 0.25) is 0 Å². The first-order valence-electron chi connectivity index (χ1n) is 5.40. The van der Waals surface area contributed by atoms with Gasteiger partial charge in [0.05, 0.1) is 11.3 Å². The van der Waals surface area contributed by atoms with Crippen molar-refractivity contribution in [3.8, 4) is 11.8 Å². The van der Waals surface area contributed by atoms with Crippen LogP contribution < -0.4 is 5.43 Å². The third-order valence-corrected chi connectivity index (χ3v) is 3.03. The van der Waals surface area contributed by atoms with E-state index in [4.69, 9.17) is 0 Å². The molecule has 0 aliphatic heterocycles. The Kier molecular flexibility index (Phi) is 3.85. The van der Waals surface area contributed by atoms with Crippen molar-refractivity contribution in [3.63, 3.8) is 0 Å².